The van der Waals surface area contributed by atoms with E-state index in [1.165, 1.54) is 11.4 Å². The van der Waals surface area contributed by atoms with Crippen LogP contribution in [0.4, 0.5) is 28.9 Å². The molecule has 1 amide bonds. The van der Waals surface area contributed by atoms with E-state index in [0.717, 1.165) is 5.57 Å². The van der Waals surface area contributed by atoms with E-state index in [0.29, 0.717) is 81.6 Å². The van der Waals surface area contributed by atoms with Crippen LogP contribution in [0.1, 0.15) is 36.0 Å². The minimum atomic E-state index is -4.86. The van der Waals surface area contributed by atoms with Crippen molar-refractivity contribution in [3.8, 4) is 0 Å². The predicted octanol–water partition coefficient (Wildman–Crippen LogP) is 2.77. The molecule has 1 aromatic carbocycles. The normalized spacial score (nSPS) is 16.4. The molecule has 2 aliphatic heterocycles. The average molecular weight is 564 g/mol. The maximum absolute atomic E-state index is 14.3. The zero-order chi connectivity index (χ0) is 28.6. The summed E-state index contributed by atoms with van der Waals surface area (Å²) in [6.07, 6.45) is -2.05. The Morgan fingerprint density at radius 3 is 2.62 bits per heavy atom. The third-order valence-corrected chi connectivity index (χ3v) is 7.04. The van der Waals surface area contributed by atoms with Gasteiger partial charge in [-0.3, -0.25) is 9.59 Å². The van der Waals surface area contributed by atoms with Crippen molar-refractivity contribution in [3.05, 3.63) is 57.0 Å². The second-order valence-electron chi connectivity index (χ2n) is 9.67. The highest BCUT2D eigenvalue weighted by Gasteiger charge is 2.35. The lowest BCUT2D eigenvalue weighted by Gasteiger charge is -2.31. The minimum Gasteiger partial charge on any atom is -0.377 e. The molecule has 2 aliphatic rings. The van der Waals surface area contributed by atoms with E-state index in [9.17, 15) is 27.2 Å². The van der Waals surface area contributed by atoms with E-state index in [1.54, 1.807) is 4.57 Å². The van der Waals surface area contributed by atoms with Gasteiger partial charge in [0.25, 0.3) is 5.56 Å². The van der Waals surface area contributed by atoms with Crippen molar-refractivity contribution in [3.63, 3.8) is 0 Å². The first-order valence-electron chi connectivity index (χ1n) is 13.0. The largest absolute Gasteiger partial charge is 0.419 e. The Labute approximate surface area is 226 Å². The fourth-order valence-corrected chi connectivity index (χ4v) is 5.05. The molecule has 0 radical (unpaired) electrons. The number of carbonyl (C=O) groups excluding carboxylic acids is 1. The van der Waals surface area contributed by atoms with E-state index in [4.69, 9.17) is 4.74 Å². The first-order valence-corrected chi connectivity index (χ1v) is 13.0. The molecule has 0 saturated carbocycles. The molecule has 10 nitrogen and oxygen atoms in total. The van der Waals surface area contributed by atoms with E-state index < -0.39 is 23.5 Å². The summed E-state index contributed by atoms with van der Waals surface area (Å²) in [6.45, 7) is 6.28. The fraction of sp³-hybridized carbons (Fsp3) is 0.462. The standard InChI is InChI=1S/C26H29F4N7O3/c1-3-20-22(35-8-6-31-7-9-35)24(39)37-25(33-23(34-37)16-4-10-40-11-5-16)36(20)14-21(38)32-19-13-18(27)17(12-15(19)2)26(28,29)30/h4,12-13,31H,3,5-11,14H2,1-2H3,(H,32,38). The molecule has 14 heteroatoms. The summed E-state index contributed by atoms with van der Waals surface area (Å²) in [6, 6.07) is 1.33. The van der Waals surface area contributed by atoms with Crippen molar-refractivity contribution >= 4 is 28.6 Å². The maximum atomic E-state index is 14.3. The van der Waals surface area contributed by atoms with Crippen molar-refractivity contribution in [2.45, 2.75) is 39.4 Å². The van der Waals surface area contributed by atoms with E-state index in [1.807, 2.05) is 17.9 Å². The number of anilines is 2. The van der Waals surface area contributed by atoms with Gasteiger partial charge in [0.2, 0.25) is 11.7 Å². The third-order valence-electron chi connectivity index (χ3n) is 7.04. The lowest BCUT2D eigenvalue weighted by atomic mass is 10.1. The summed E-state index contributed by atoms with van der Waals surface area (Å²) in [5, 5.41) is 10.3. The number of amides is 1. The number of nitrogens with one attached hydrogen (secondary N) is 2. The monoisotopic (exact) mass is 563 g/mol. The van der Waals surface area contributed by atoms with Gasteiger partial charge in [0, 0.05) is 31.9 Å². The Morgan fingerprint density at radius 1 is 1.23 bits per heavy atom. The SMILES string of the molecule is CCc1c(N2CCNCC2)c(=O)n2nc(C3=CCOCC3)nc2n1CC(=O)Nc1cc(F)c(C(F)(F)F)cc1C. The van der Waals surface area contributed by atoms with Gasteiger partial charge >= 0.3 is 6.18 Å². The first kappa shape index (κ1) is 27.8. The van der Waals surface area contributed by atoms with Gasteiger partial charge in [-0.15, -0.1) is 5.10 Å². The van der Waals surface area contributed by atoms with Crippen LogP contribution >= 0.6 is 0 Å². The highest BCUT2D eigenvalue weighted by Crippen LogP contribution is 2.34. The van der Waals surface area contributed by atoms with Crippen LogP contribution in [0, 0.1) is 12.7 Å². The average Bonchev–Trinajstić information content (AvgIpc) is 3.38. The molecule has 4 heterocycles. The second-order valence-corrected chi connectivity index (χ2v) is 9.67. The molecule has 0 aliphatic carbocycles. The van der Waals surface area contributed by atoms with Crippen molar-refractivity contribution in [1.82, 2.24) is 24.5 Å². The predicted molar refractivity (Wildman–Crippen MR) is 140 cm³/mol. The number of benzene rings is 1. The fourth-order valence-electron chi connectivity index (χ4n) is 5.05. The zero-order valence-electron chi connectivity index (χ0n) is 22.1. The van der Waals surface area contributed by atoms with Gasteiger partial charge < -0.3 is 24.8 Å². The van der Waals surface area contributed by atoms with Gasteiger partial charge in [-0.05, 0) is 43.0 Å². The molecule has 2 aromatic heterocycles. The highest BCUT2D eigenvalue weighted by atomic mass is 19.4. The number of ether oxygens (including phenoxy) is 1. The lowest BCUT2D eigenvalue weighted by molar-refractivity contribution is -0.140. The number of hydrogen-bond donors (Lipinski definition) is 2. The van der Waals surface area contributed by atoms with Crippen LogP contribution in [-0.4, -0.2) is 64.5 Å². The number of nitrogens with zero attached hydrogens (tertiary/aromatic N) is 5. The van der Waals surface area contributed by atoms with Gasteiger partial charge in [-0.1, -0.05) is 13.0 Å². The molecule has 0 unspecified atom stereocenters. The Hall–Kier alpha value is -3.78. The molecule has 5 rings (SSSR count). The Morgan fingerprint density at radius 2 is 1.98 bits per heavy atom. The molecule has 2 N–H and O–H groups in total. The maximum Gasteiger partial charge on any atom is 0.419 e. The van der Waals surface area contributed by atoms with E-state index >= 15 is 0 Å². The Bertz CT molecular complexity index is 1540. The molecule has 0 atom stereocenters. The Kier molecular flexibility index (Phi) is 7.64. The lowest BCUT2D eigenvalue weighted by Crippen LogP contribution is -2.47. The molecule has 0 bridgehead atoms. The first-order chi connectivity index (χ1) is 19.1. The summed E-state index contributed by atoms with van der Waals surface area (Å²) in [7, 11) is 0. The van der Waals surface area contributed by atoms with Crippen molar-refractivity contribution in [1.29, 1.82) is 0 Å². The Balaban J connectivity index is 1.58. The number of piperazine rings is 1. The van der Waals surface area contributed by atoms with Gasteiger partial charge in [0.1, 0.15) is 18.0 Å². The summed E-state index contributed by atoms with van der Waals surface area (Å²) < 4.78 is 61.8. The molecule has 214 valence electrons. The smallest absolute Gasteiger partial charge is 0.377 e. The van der Waals surface area contributed by atoms with Gasteiger partial charge in [0.15, 0.2) is 5.82 Å². The summed E-state index contributed by atoms with van der Waals surface area (Å²) in [5.74, 6) is -1.59. The van der Waals surface area contributed by atoms with Crippen LogP contribution in [-0.2, 0) is 28.7 Å². The number of rotatable bonds is 6. The quantitative estimate of drug-likeness (QED) is 0.445. The van der Waals surface area contributed by atoms with Gasteiger partial charge in [-0.25, -0.2) is 4.39 Å². The number of aromatic nitrogens is 4. The minimum absolute atomic E-state index is 0.0561. The molecule has 1 fully saturated rings. The number of hydrogen-bond acceptors (Lipinski definition) is 7. The third kappa shape index (κ3) is 5.32. The molecule has 40 heavy (non-hydrogen) atoms. The molecule has 3 aromatic rings. The van der Waals surface area contributed by atoms with Crippen LogP contribution in [0.3, 0.4) is 0 Å². The van der Waals surface area contributed by atoms with Gasteiger partial charge in [0.05, 0.1) is 24.5 Å². The zero-order valence-corrected chi connectivity index (χ0v) is 22.1. The molecule has 1 saturated heterocycles. The van der Waals surface area contributed by atoms with E-state index in [2.05, 4.69) is 20.7 Å². The number of aryl methyl sites for hydroxylation is 1. The highest BCUT2D eigenvalue weighted by molar-refractivity contribution is 5.91. The second kappa shape index (κ2) is 11.0. The number of alkyl halides is 3. The topological polar surface area (TPSA) is 106 Å². The van der Waals surface area contributed by atoms with Crippen LogP contribution in [0.5, 0.6) is 0 Å². The van der Waals surface area contributed by atoms with Crippen LogP contribution in [0.2, 0.25) is 0 Å². The molecular weight excluding hydrogens is 534 g/mol. The number of halogens is 4. The molecule has 0 spiro atoms. The molecular formula is C26H29F4N7O3. The number of fused-ring (bicyclic) bond motifs is 1. The van der Waals surface area contributed by atoms with Crippen molar-refractivity contribution in [2.75, 3.05) is 49.6 Å². The van der Waals surface area contributed by atoms with Crippen LogP contribution in [0.25, 0.3) is 11.4 Å². The van der Waals surface area contributed by atoms with Gasteiger partial charge in [-0.2, -0.15) is 22.7 Å². The van der Waals surface area contributed by atoms with E-state index in [-0.39, 0.29) is 29.1 Å². The van der Waals surface area contributed by atoms with Crippen molar-refractivity contribution in [2.24, 2.45) is 0 Å². The van der Waals surface area contributed by atoms with Crippen molar-refractivity contribution < 1.29 is 27.1 Å². The van der Waals surface area contributed by atoms with Crippen LogP contribution in [0.15, 0.2) is 23.0 Å². The summed E-state index contributed by atoms with van der Waals surface area (Å²) >= 11 is 0. The summed E-state index contributed by atoms with van der Waals surface area (Å²) in [4.78, 5) is 33.6. The summed E-state index contributed by atoms with van der Waals surface area (Å²) in [5.41, 5.74) is 0.0316. The number of carbonyl (C=O) groups is 1. The van der Waals surface area contributed by atoms with Crippen LogP contribution < -0.4 is 21.1 Å².